The molecule has 0 aliphatic carbocycles. The number of ether oxygens (including phenoxy) is 1. The van der Waals surface area contributed by atoms with Crippen molar-refractivity contribution in [3.63, 3.8) is 0 Å². The molecule has 1 aromatic heterocycles. The van der Waals surface area contributed by atoms with Crippen LogP contribution in [-0.4, -0.2) is 18.3 Å². The van der Waals surface area contributed by atoms with Gasteiger partial charge in [-0.15, -0.1) is 0 Å². The lowest BCUT2D eigenvalue weighted by atomic mass is 10.0. The molecule has 0 aliphatic rings. The van der Waals surface area contributed by atoms with Gasteiger partial charge in [-0.1, -0.05) is 37.2 Å². The molecule has 4 nitrogen and oxygen atoms in total. The quantitative estimate of drug-likeness (QED) is 0.832. The number of hydrogen-bond donors (Lipinski definition) is 1. The van der Waals surface area contributed by atoms with Crippen molar-refractivity contribution in [1.82, 2.24) is 4.57 Å². The van der Waals surface area contributed by atoms with Crippen LogP contribution in [-0.2, 0) is 11.3 Å². The van der Waals surface area contributed by atoms with Crippen molar-refractivity contribution < 1.29 is 4.74 Å². The van der Waals surface area contributed by atoms with Crippen molar-refractivity contribution in [2.24, 2.45) is 0 Å². The molecular formula is C17H20ClN3OS. The zero-order valence-corrected chi connectivity index (χ0v) is 15.0. The van der Waals surface area contributed by atoms with Crippen LogP contribution in [0.3, 0.4) is 0 Å². The Morgan fingerprint density at radius 1 is 1.35 bits per heavy atom. The molecule has 6 heteroatoms. The number of nitriles is 1. The number of aromatic nitrogens is 1. The third-order valence-corrected chi connectivity index (χ3v) is 4.92. The number of nitrogens with zero attached hydrogens (tertiary/aromatic N) is 2. The van der Waals surface area contributed by atoms with Gasteiger partial charge in [0.05, 0.1) is 17.2 Å². The van der Waals surface area contributed by atoms with E-state index < -0.39 is 0 Å². The van der Waals surface area contributed by atoms with Crippen LogP contribution in [0.4, 0.5) is 5.82 Å². The molecule has 122 valence electrons. The first-order valence-electron chi connectivity index (χ1n) is 7.33. The van der Waals surface area contributed by atoms with Gasteiger partial charge >= 0.3 is 0 Å². The summed E-state index contributed by atoms with van der Waals surface area (Å²) in [5, 5.41) is 11.2. The van der Waals surface area contributed by atoms with Gasteiger partial charge in [0.1, 0.15) is 11.9 Å². The number of rotatable bonds is 6. The van der Waals surface area contributed by atoms with Crippen LogP contribution in [0.1, 0.15) is 30.9 Å². The van der Waals surface area contributed by atoms with Crippen molar-refractivity contribution in [2.75, 3.05) is 19.5 Å². The highest BCUT2D eigenvalue weighted by Crippen LogP contribution is 2.40. The second-order valence-electron chi connectivity index (χ2n) is 5.45. The second kappa shape index (κ2) is 7.78. The average Bonchev–Trinajstić information content (AvgIpc) is 2.79. The van der Waals surface area contributed by atoms with Crippen molar-refractivity contribution in [3.8, 4) is 6.07 Å². The lowest BCUT2D eigenvalue weighted by Gasteiger charge is -2.13. The Kier molecular flexibility index (Phi) is 6.00. The van der Waals surface area contributed by atoms with E-state index in [9.17, 15) is 5.26 Å². The summed E-state index contributed by atoms with van der Waals surface area (Å²) in [6.07, 6.45) is 0. The van der Waals surface area contributed by atoms with Crippen LogP contribution < -0.4 is 5.73 Å². The Bertz CT molecular complexity index is 717. The molecule has 0 unspecified atom stereocenters. The second-order valence-corrected chi connectivity index (χ2v) is 6.94. The maximum atomic E-state index is 9.51. The Labute approximate surface area is 146 Å². The largest absolute Gasteiger partial charge is 0.384 e. The molecule has 2 aromatic rings. The summed E-state index contributed by atoms with van der Waals surface area (Å²) in [5.41, 5.74) is 7.77. The third kappa shape index (κ3) is 3.84. The van der Waals surface area contributed by atoms with Crippen LogP contribution in [0.5, 0.6) is 0 Å². The number of nitrogen functional groups attached to an aromatic ring is 1. The zero-order valence-electron chi connectivity index (χ0n) is 13.5. The third-order valence-electron chi connectivity index (χ3n) is 3.53. The molecule has 0 aliphatic heterocycles. The van der Waals surface area contributed by atoms with E-state index in [1.54, 1.807) is 18.9 Å². The molecule has 0 amide bonds. The van der Waals surface area contributed by atoms with Gasteiger partial charge in [0.25, 0.3) is 0 Å². The minimum atomic E-state index is 0.200. The summed E-state index contributed by atoms with van der Waals surface area (Å²) in [6, 6.07) is 9.90. The van der Waals surface area contributed by atoms with Gasteiger partial charge in [-0.05, 0) is 30.2 Å². The molecule has 0 radical (unpaired) electrons. The van der Waals surface area contributed by atoms with Crippen LogP contribution in [0.25, 0.3) is 0 Å². The fraction of sp³-hybridized carbons (Fsp3) is 0.353. The molecule has 0 saturated heterocycles. The van der Waals surface area contributed by atoms with E-state index in [4.69, 9.17) is 22.1 Å². The predicted octanol–water partition coefficient (Wildman–Crippen LogP) is 4.52. The van der Waals surface area contributed by atoms with E-state index in [-0.39, 0.29) is 5.92 Å². The minimum Gasteiger partial charge on any atom is -0.384 e. The van der Waals surface area contributed by atoms with Gasteiger partial charge < -0.3 is 15.0 Å². The Balaban J connectivity index is 2.53. The first kappa shape index (κ1) is 17.7. The van der Waals surface area contributed by atoms with Crippen LogP contribution in [0, 0.1) is 11.3 Å². The highest BCUT2D eigenvalue weighted by Gasteiger charge is 2.23. The van der Waals surface area contributed by atoms with Crippen molar-refractivity contribution in [1.29, 1.82) is 5.26 Å². The SMILES string of the molecule is COCCn1c(N)c(C#N)c(C(C)C)c1Sc1ccc(Cl)cc1. The zero-order chi connectivity index (χ0) is 17.0. The lowest BCUT2D eigenvalue weighted by Crippen LogP contribution is -2.09. The van der Waals surface area contributed by atoms with Crippen molar-refractivity contribution >= 4 is 29.2 Å². The fourth-order valence-electron chi connectivity index (χ4n) is 2.42. The Hall–Kier alpha value is -1.61. The van der Waals surface area contributed by atoms with Crippen LogP contribution in [0.15, 0.2) is 34.2 Å². The standard InChI is InChI=1S/C17H20ClN3OS/c1-11(2)15-14(10-19)16(20)21(8-9-22-3)17(15)23-13-6-4-12(18)5-7-13/h4-7,11H,8-9,20H2,1-3H3. The maximum Gasteiger partial charge on any atom is 0.122 e. The van der Waals surface area contributed by atoms with Crippen molar-refractivity contribution in [2.45, 2.75) is 36.2 Å². The molecule has 2 rings (SSSR count). The van der Waals surface area contributed by atoms with Gasteiger partial charge in [0.15, 0.2) is 0 Å². The number of methoxy groups -OCH3 is 1. The van der Waals surface area contributed by atoms with Gasteiger partial charge in [-0.2, -0.15) is 5.26 Å². The van der Waals surface area contributed by atoms with E-state index >= 15 is 0 Å². The molecule has 0 fully saturated rings. The number of anilines is 1. The summed E-state index contributed by atoms with van der Waals surface area (Å²) < 4.78 is 7.15. The summed E-state index contributed by atoms with van der Waals surface area (Å²) in [7, 11) is 1.65. The molecular weight excluding hydrogens is 330 g/mol. The number of nitrogens with two attached hydrogens (primary N) is 1. The lowest BCUT2D eigenvalue weighted by molar-refractivity contribution is 0.185. The average molecular weight is 350 g/mol. The molecule has 23 heavy (non-hydrogen) atoms. The Morgan fingerprint density at radius 2 is 2.00 bits per heavy atom. The van der Waals surface area contributed by atoms with Crippen LogP contribution in [0.2, 0.25) is 5.02 Å². The molecule has 1 aromatic carbocycles. The molecule has 0 atom stereocenters. The smallest absolute Gasteiger partial charge is 0.122 e. The highest BCUT2D eigenvalue weighted by atomic mass is 35.5. The first-order valence-corrected chi connectivity index (χ1v) is 8.53. The van der Waals surface area contributed by atoms with Gasteiger partial charge in [0, 0.05) is 29.1 Å². The first-order chi connectivity index (χ1) is 11.0. The monoisotopic (exact) mass is 349 g/mol. The predicted molar refractivity (Wildman–Crippen MR) is 95.1 cm³/mol. The fourth-order valence-corrected chi connectivity index (χ4v) is 3.79. The number of halogens is 1. The number of hydrogen-bond acceptors (Lipinski definition) is 4. The molecule has 1 heterocycles. The van der Waals surface area contributed by atoms with Gasteiger partial charge in [0.2, 0.25) is 0 Å². The van der Waals surface area contributed by atoms with E-state index in [0.717, 1.165) is 15.5 Å². The maximum absolute atomic E-state index is 9.51. The summed E-state index contributed by atoms with van der Waals surface area (Å²) in [4.78, 5) is 1.05. The molecule has 2 N–H and O–H groups in total. The summed E-state index contributed by atoms with van der Waals surface area (Å²) in [6.45, 7) is 5.29. The van der Waals surface area contributed by atoms with Crippen LogP contribution >= 0.6 is 23.4 Å². The van der Waals surface area contributed by atoms with Crippen molar-refractivity contribution in [3.05, 3.63) is 40.4 Å². The molecule has 0 spiro atoms. The minimum absolute atomic E-state index is 0.200. The van der Waals surface area contributed by atoms with Gasteiger partial charge in [-0.3, -0.25) is 0 Å². The number of benzene rings is 1. The highest BCUT2D eigenvalue weighted by molar-refractivity contribution is 7.99. The van der Waals surface area contributed by atoms with E-state index in [1.807, 2.05) is 28.8 Å². The topological polar surface area (TPSA) is 64.0 Å². The van der Waals surface area contributed by atoms with Gasteiger partial charge in [-0.25, -0.2) is 0 Å². The molecule has 0 saturated carbocycles. The summed E-state index contributed by atoms with van der Waals surface area (Å²) in [5.74, 6) is 0.704. The normalized spacial score (nSPS) is 11.0. The molecule has 0 bridgehead atoms. The summed E-state index contributed by atoms with van der Waals surface area (Å²) >= 11 is 7.55. The Morgan fingerprint density at radius 3 is 2.52 bits per heavy atom. The van der Waals surface area contributed by atoms with E-state index in [2.05, 4.69) is 19.9 Å². The van der Waals surface area contributed by atoms with E-state index in [0.29, 0.717) is 29.6 Å². The van der Waals surface area contributed by atoms with E-state index in [1.165, 1.54) is 0 Å².